The zero-order chi connectivity index (χ0) is 17.4. The highest BCUT2D eigenvalue weighted by atomic mass is 19.1. The molecule has 6 heteroatoms. The third kappa shape index (κ3) is 2.98. The summed E-state index contributed by atoms with van der Waals surface area (Å²) in [5.41, 5.74) is 7.79. The van der Waals surface area contributed by atoms with Gasteiger partial charge in [-0.1, -0.05) is 24.3 Å². The molecule has 1 aliphatic carbocycles. The highest BCUT2D eigenvalue weighted by Gasteiger charge is 2.41. The van der Waals surface area contributed by atoms with Crippen LogP contribution in [0.5, 0.6) is 0 Å². The highest BCUT2D eigenvalue weighted by molar-refractivity contribution is 5.88. The normalized spacial score (nSPS) is 21.2. The van der Waals surface area contributed by atoms with Crippen LogP contribution in [0.15, 0.2) is 42.6 Å². The Balaban J connectivity index is 1.40. The molecule has 0 spiro atoms. The summed E-state index contributed by atoms with van der Waals surface area (Å²) < 4.78 is 13.9. The zero-order valence-electron chi connectivity index (χ0n) is 13.9. The van der Waals surface area contributed by atoms with E-state index in [1.807, 2.05) is 29.2 Å². The Morgan fingerprint density at radius 1 is 1.24 bits per heavy atom. The van der Waals surface area contributed by atoms with Gasteiger partial charge in [-0.15, -0.1) is 0 Å². The monoisotopic (exact) mass is 340 g/mol. The maximum absolute atomic E-state index is 13.9. The molecule has 1 atom stereocenters. The molecule has 2 aromatic rings. The van der Waals surface area contributed by atoms with Crippen molar-refractivity contribution in [3.8, 4) is 0 Å². The molecule has 0 bridgehead atoms. The lowest BCUT2D eigenvalue weighted by Crippen LogP contribution is -2.57. The number of pyridine rings is 1. The molecule has 2 aliphatic rings. The average Bonchev–Trinajstić information content (AvgIpc) is 3.19. The summed E-state index contributed by atoms with van der Waals surface area (Å²) in [5, 5.41) is 3.06. The lowest BCUT2D eigenvalue weighted by molar-refractivity contribution is -0.126. The van der Waals surface area contributed by atoms with Crippen LogP contribution >= 0.6 is 0 Å². The minimum absolute atomic E-state index is 0.0435. The van der Waals surface area contributed by atoms with Crippen LogP contribution in [0.2, 0.25) is 0 Å². The first-order valence-electron chi connectivity index (χ1n) is 8.57. The molecule has 1 aromatic carbocycles. The van der Waals surface area contributed by atoms with Crippen molar-refractivity contribution in [2.45, 2.75) is 30.8 Å². The second kappa shape index (κ2) is 6.11. The van der Waals surface area contributed by atoms with Gasteiger partial charge in [0.1, 0.15) is 5.54 Å². The van der Waals surface area contributed by atoms with Crippen LogP contribution in [0.1, 0.15) is 17.5 Å². The quantitative estimate of drug-likeness (QED) is 0.886. The Bertz CT molecular complexity index is 785. The summed E-state index contributed by atoms with van der Waals surface area (Å²) in [6, 6.07) is 10.9. The van der Waals surface area contributed by atoms with E-state index in [1.165, 1.54) is 6.07 Å². The zero-order valence-corrected chi connectivity index (χ0v) is 13.9. The molecule has 130 valence electrons. The number of halogens is 1. The molecule has 1 saturated heterocycles. The number of hydrogen-bond donors (Lipinski definition) is 2. The van der Waals surface area contributed by atoms with E-state index in [9.17, 15) is 9.18 Å². The number of hydrogen-bond acceptors (Lipinski definition) is 4. The van der Waals surface area contributed by atoms with Crippen LogP contribution < -0.4 is 16.0 Å². The first-order chi connectivity index (χ1) is 12.0. The average molecular weight is 340 g/mol. The third-order valence-corrected chi connectivity index (χ3v) is 5.14. The number of amides is 1. The maximum atomic E-state index is 13.9. The van der Waals surface area contributed by atoms with E-state index < -0.39 is 5.54 Å². The number of rotatable bonds is 3. The van der Waals surface area contributed by atoms with Gasteiger partial charge in [0.2, 0.25) is 5.91 Å². The number of fused-ring (bicyclic) bond motifs is 1. The number of carbonyl (C=O) groups is 1. The van der Waals surface area contributed by atoms with E-state index >= 15 is 0 Å². The van der Waals surface area contributed by atoms with E-state index in [1.54, 1.807) is 12.3 Å². The molecule has 4 rings (SSSR count). The number of anilines is 1. The van der Waals surface area contributed by atoms with Crippen molar-refractivity contribution in [1.82, 2.24) is 10.3 Å². The minimum Gasteiger partial charge on any atom is -0.352 e. The van der Waals surface area contributed by atoms with Crippen LogP contribution in [0.4, 0.5) is 10.2 Å². The number of aromatic nitrogens is 1. The molecule has 1 amide bonds. The van der Waals surface area contributed by atoms with Gasteiger partial charge in [-0.05, 0) is 42.5 Å². The molecule has 25 heavy (non-hydrogen) atoms. The second-order valence-corrected chi connectivity index (χ2v) is 6.99. The summed E-state index contributed by atoms with van der Waals surface area (Å²) in [4.78, 5) is 18.7. The van der Waals surface area contributed by atoms with Gasteiger partial charge in [0.05, 0.1) is 0 Å². The van der Waals surface area contributed by atoms with Crippen molar-refractivity contribution < 1.29 is 9.18 Å². The Morgan fingerprint density at radius 2 is 1.96 bits per heavy atom. The maximum Gasteiger partial charge on any atom is 0.241 e. The fourth-order valence-electron chi connectivity index (χ4n) is 3.81. The topological polar surface area (TPSA) is 71.2 Å². The van der Waals surface area contributed by atoms with E-state index in [-0.39, 0.29) is 17.8 Å². The fraction of sp³-hybridized carbons (Fsp3) is 0.368. The van der Waals surface area contributed by atoms with Crippen molar-refractivity contribution >= 4 is 11.7 Å². The van der Waals surface area contributed by atoms with E-state index in [0.717, 1.165) is 17.5 Å². The van der Waals surface area contributed by atoms with Crippen molar-refractivity contribution in [1.29, 1.82) is 0 Å². The van der Waals surface area contributed by atoms with Gasteiger partial charge >= 0.3 is 0 Å². The lowest BCUT2D eigenvalue weighted by atomic mass is 9.95. The predicted molar refractivity (Wildman–Crippen MR) is 93.7 cm³/mol. The molecular formula is C19H21FN4O. The summed E-state index contributed by atoms with van der Waals surface area (Å²) in [6.07, 6.45) is 3.44. The largest absolute Gasteiger partial charge is 0.352 e. The van der Waals surface area contributed by atoms with E-state index in [4.69, 9.17) is 5.73 Å². The lowest BCUT2D eigenvalue weighted by Gasteiger charge is -2.25. The Kier molecular flexibility index (Phi) is 3.92. The van der Waals surface area contributed by atoms with Crippen LogP contribution in [-0.2, 0) is 17.6 Å². The molecule has 1 unspecified atom stereocenters. The molecule has 0 saturated carbocycles. The highest BCUT2D eigenvalue weighted by Crippen LogP contribution is 2.29. The molecule has 2 heterocycles. The van der Waals surface area contributed by atoms with Crippen LogP contribution in [0, 0.1) is 5.82 Å². The summed E-state index contributed by atoms with van der Waals surface area (Å²) in [6.45, 7) is 1.21. The van der Waals surface area contributed by atoms with Crippen LogP contribution in [0.25, 0.3) is 0 Å². The number of nitrogens with two attached hydrogens (primary N) is 1. The first kappa shape index (κ1) is 16.0. The van der Waals surface area contributed by atoms with Gasteiger partial charge in [0.15, 0.2) is 11.6 Å². The predicted octanol–water partition coefficient (Wildman–Crippen LogP) is 1.41. The van der Waals surface area contributed by atoms with Gasteiger partial charge < -0.3 is 16.0 Å². The van der Waals surface area contributed by atoms with Crippen molar-refractivity contribution in [2.24, 2.45) is 5.73 Å². The molecule has 3 N–H and O–H groups in total. The molecule has 5 nitrogen and oxygen atoms in total. The van der Waals surface area contributed by atoms with Crippen molar-refractivity contribution in [2.75, 3.05) is 18.0 Å². The number of nitrogens with zero attached hydrogens (tertiary/aromatic N) is 2. The van der Waals surface area contributed by atoms with E-state index in [0.29, 0.717) is 31.7 Å². The fourth-order valence-corrected chi connectivity index (χ4v) is 3.81. The number of nitrogens with one attached hydrogen (secondary N) is 1. The van der Waals surface area contributed by atoms with Gasteiger partial charge in [-0.25, -0.2) is 9.37 Å². The van der Waals surface area contributed by atoms with Gasteiger partial charge in [0.25, 0.3) is 0 Å². The summed E-state index contributed by atoms with van der Waals surface area (Å²) in [5.74, 6) is -0.122. The summed E-state index contributed by atoms with van der Waals surface area (Å²) in [7, 11) is 0. The standard InChI is InChI=1S/C19H21FN4O/c20-16-6-3-8-22-17(16)24-9-7-15(12-24)23-18(25)19(21)10-13-4-1-2-5-14(13)11-19/h1-6,8,15H,7,9-12,21H2,(H,23,25). The Labute approximate surface area is 146 Å². The molecule has 1 fully saturated rings. The molecular weight excluding hydrogens is 319 g/mol. The van der Waals surface area contributed by atoms with Crippen molar-refractivity contribution in [3.05, 3.63) is 59.5 Å². The molecule has 1 aromatic heterocycles. The SMILES string of the molecule is NC1(C(=O)NC2CCN(c3ncccc3F)C2)Cc2ccccc2C1. The molecule has 1 aliphatic heterocycles. The second-order valence-electron chi connectivity index (χ2n) is 6.99. The third-order valence-electron chi connectivity index (χ3n) is 5.14. The number of carbonyl (C=O) groups excluding carboxylic acids is 1. The van der Waals surface area contributed by atoms with Gasteiger partial charge in [-0.3, -0.25) is 4.79 Å². The van der Waals surface area contributed by atoms with Gasteiger partial charge in [-0.2, -0.15) is 0 Å². The summed E-state index contributed by atoms with van der Waals surface area (Å²) >= 11 is 0. The Hall–Kier alpha value is -2.47. The molecule has 0 radical (unpaired) electrons. The van der Waals surface area contributed by atoms with Crippen molar-refractivity contribution in [3.63, 3.8) is 0 Å². The van der Waals surface area contributed by atoms with Crippen LogP contribution in [-0.4, -0.2) is 35.6 Å². The Morgan fingerprint density at radius 3 is 2.64 bits per heavy atom. The minimum atomic E-state index is -0.895. The van der Waals surface area contributed by atoms with Crippen LogP contribution in [0.3, 0.4) is 0 Å². The smallest absolute Gasteiger partial charge is 0.241 e. The number of benzene rings is 1. The first-order valence-corrected chi connectivity index (χ1v) is 8.57. The van der Waals surface area contributed by atoms with E-state index in [2.05, 4.69) is 10.3 Å². The van der Waals surface area contributed by atoms with Gasteiger partial charge in [0, 0.05) is 25.3 Å².